The zero-order valence-electron chi connectivity index (χ0n) is 27.4. The first-order valence-corrected chi connectivity index (χ1v) is 17.2. The number of para-hydroxylation sites is 2. The van der Waals surface area contributed by atoms with Gasteiger partial charge >= 0.3 is 0 Å². The third kappa shape index (κ3) is 4.50. The molecule has 10 aromatic rings. The molecule has 2 heteroatoms. The summed E-state index contributed by atoms with van der Waals surface area (Å²) in [4.78, 5) is 2.43. The third-order valence-corrected chi connectivity index (χ3v) is 10.2. The Kier molecular flexibility index (Phi) is 6.53. The highest BCUT2D eigenvalue weighted by molar-refractivity contribution is 6.20. The fraction of sp³-hybridized carbons (Fsp3) is 0. The van der Waals surface area contributed by atoms with Gasteiger partial charge in [0.05, 0.1) is 16.7 Å². The van der Waals surface area contributed by atoms with Crippen molar-refractivity contribution in [1.82, 2.24) is 4.57 Å². The SMILES string of the molecule is c1ccc(-c2ccc(N(c3ccc4c(c3)c3ccccc3n4-c3ccccc3)c3cccc4c3ccc3c5ccccc5ccc43)cc2)cc1. The molecule has 9 aromatic carbocycles. The summed E-state index contributed by atoms with van der Waals surface area (Å²) >= 11 is 0. The van der Waals surface area contributed by atoms with E-state index in [4.69, 9.17) is 0 Å². The molecule has 2 nitrogen and oxygen atoms in total. The zero-order chi connectivity index (χ0) is 33.0. The second kappa shape index (κ2) is 11.5. The van der Waals surface area contributed by atoms with Crippen molar-refractivity contribution in [3.05, 3.63) is 194 Å². The summed E-state index contributed by atoms with van der Waals surface area (Å²) in [5.41, 5.74) is 9.35. The van der Waals surface area contributed by atoms with Crippen LogP contribution in [0.25, 0.3) is 70.9 Å². The summed E-state index contributed by atoms with van der Waals surface area (Å²) in [6, 6.07) is 70.5. The van der Waals surface area contributed by atoms with E-state index in [-0.39, 0.29) is 0 Å². The minimum atomic E-state index is 1.11. The minimum absolute atomic E-state index is 1.11. The Balaban J connectivity index is 1.22. The van der Waals surface area contributed by atoms with Gasteiger partial charge in [0.1, 0.15) is 0 Å². The lowest BCUT2D eigenvalue weighted by molar-refractivity contribution is 1.18. The normalized spacial score (nSPS) is 11.6. The minimum Gasteiger partial charge on any atom is -0.310 e. The Morgan fingerprint density at radius 1 is 0.320 bits per heavy atom. The van der Waals surface area contributed by atoms with Gasteiger partial charge in [-0.15, -0.1) is 0 Å². The van der Waals surface area contributed by atoms with E-state index in [1.165, 1.54) is 65.3 Å². The van der Waals surface area contributed by atoms with Crippen LogP contribution in [0.2, 0.25) is 0 Å². The molecule has 0 spiro atoms. The molecule has 0 aliphatic rings. The van der Waals surface area contributed by atoms with Gasteiger partial charge in [0.2, 0.25) is 0 Å². The van der Waals surface area contributed by atoms with Crippen LogP contribution in [0.5, 0.6) is 0 Å². The number of hydrogen-bond donors (Lipinski definition) is 0. The Hall–Kier alpha value is -6.64. The lowest BCUT2D eigenvalue weighted by Crippen LogP contribution is -2.10. The van der Waals surface area contributed by atoms with Gasteiger partial charge in [-0.3, -0.25) is 0 Å². The molecule has 1 heterocycles. The molecule has 0 aliphatic heterocycles. The molecule has 0 bridgehead atoms. The molecule has 0 amide bonds. The van der Waals surface area contributed by atoms with E-state index in [0.717, 1.165) is 22.7 Å². The second-order valence-corrected chi connectivity index (χ2v) is 13.0. The summed E-state index contributed by atoms with van der Waals surface area (Å²) < 4.78 is 2.38. The van der Waals surface area contributed by atoms with Crippen molar-refractivity contribution in [1.29, 1.82) is 0 Å². The zero-order valence-corrected chi connectivity index (χ0v) is 27.4. The highest BCUT2D eigenvalue weighted by atomic mass is 15.1. The summed E-state index contributed by atoms with van der Waals surface area (Å²) in [7, 11) is 0. The lowest BCUT2D eigenvalue weighted by atomic mass is 9.96. The monoisotopic (exact) mass is 636 g/mol. The predicted octanol–water partition coefficient (Wildman–Crippen LogP) is 13.4. The van der Waals surface area contributed by atoms with Crippen molar-refractivity contribution in [3.63, 3.8) is 0 Å². The molecule has 10 rings (SSSR count). The average Bonchev–Trinajstić information content (AvgIpc) is 3.52. The number of nitrogens with zero attached hydrogens (tertiary/aromatic N) is 2. The van der Waals surface area contributed by atoms with E-state index in [9.17, 15) is 0 Å². The molecule has 0 unspecified atom stereocenters. The molecule has 0 radical (unpaired) electrons. The molecule has 1 aromatic heterocycles. The molecule has 234 valence electrons. The molecule has 0 N–H and O–H groups in total. The van der Waals surface area contributed by atoms with Crippen LogP contribution in [0.4, 0.5) is 17.1 Å². The van der Waals surface area contributed by atoms with Crippen molar-refractivity contribution >= 4 is 71.2 Å². The Morgan fingerprint density at radius 3 is 1.74 bits per heavy atom. The van der Waals surface area contributed by atoms with Crippen molar-refractivity contribution in [2.45, 2.75) is 0 Å². The molecule has 0 saturated carbocycles. The highest BCUT2D eigenvalue weighted by Gasteiger charge is 2.20. The fourth-order valence-electron chi connectivity index (χ4n) is 7.85. The van der Waals surface area contributed by atoms with Crippen LogP contribution in [0.1, 0.15) is 0 Å². The number of fused-ring (bicyclic) bond motifs is 8. The van der Waals surface area contributed by atoms with Crippen LogP contribution in [0.15, 0.2) is 194 Å². The number of benzene rings is 9. The van der Waals surface area contributed by atoms with Gasteiger partial charge in [-0.1, -0.05) is 140 Å². The quantitative estimate of drug-likeness (QED) is 0.171. The summed E-state index contributed by atoms with van der Waals surface area (Å²) in [5, 5.41) is 10.0. The van der Waals surface area contributed by atoms with Crippen LogP contribution in [-0.2, 0) is 0 Å². The Bertz CT molecular complexity index is 2850. The Morgan fingerprint density at radius 2 is 0.900 bits per heavy atom. The van der Waals surface area contributed by atoms with Gasteiger partial charge < -0.3 is 9.47 Å². The molecule has 0 aliphatic carbocycles. The van der Waals surface area contributed by atoms with E-state index >= 15 is 0 Å². The van der Waals surface area contributed by atoms with Crippen LogP contribution in [-0.4, -0.2) is 4.57 Å². The lowest BCUT2D eigenvalue weighted by Gasteiger charge is -2.27. The number of hydrogen-bond acceptors (Lipinski definition) is 1. The van der Waals surface area contributed by atoms with Gasteiger partial charge in [0, 0.05) is 33.2 Å². The van der Waals surface area contributed by atoms with Crippen LogP contribution >= 0.6 is 0 Å². The third-order valence-electron chi connectivity index (χ3n) is 10.2. The first-order chi connectivity index (χ1) is 24.8. The Labute approximate surface area is 290 Å². The summed E-state index contributed by atoms with van der Waals surface area (Å²) in [6.07, 6.45) is 0. The number of anilines is 3. The van der Waals surface area contributed by atoms with Crippen LogP contribution in [0.3, 0.4) is 0 Å². The smallest absolute Gasteiger partial charge is 0.0542 e. The first-order valence-electron chi connectivity index (χ1n) is 17.2. The van der Waals surface area contributed by atoms with Gasteiger partial charge in [0.25, 0.3) is 0 Å². The number of aromatic nitrogens is 1. The van der Waals surface area contributed by atoms with E-state index in [1.54, 1.807) is 0 Å². The maximum Gasteiger partial charge on any atom is 0.0542 e. The topological polar surface area (TPSA) is 8.17 Å². The van der Waals surface area contributed by atoms with Crippen molar-refractivity contribution < 1.29 is 0 Å². The first kappa shape index (κ1) is 28.4. The van der Waals surface area contributed by atoms with E-state index in [0.29, 0.717) is 0 Å². The van der Waals surface area contributed by atoms with Gasteiger partial charge in [-0.2, -0.15) is 0 Å². The van der Waals surface area contributed by atoms with Crippen LogP contribution < -0.4 is 4.90 Å². The molecular formula is C48H32N2. The maximum atomic E-state index is 2.43. The summed E-state index contributed by atoms with van der Waals surface area (Å²) in [5.74, 6) is 0. The predicted molar refractivity (Wildman–Crippen MR) is 213 cm³/mol. The summed E-state index contributed by atoms with van der Waals surface area (Å²) in [6.45, 7) is 0. The van der Waals surface area contributed by atoms with E-state index < -0.39 is 0 Å². The highest BCUT2D eigenvalue weighted by Crippen LogP contribution is 2.44. The largest absolute Gasteiger partial charge is 0.310 e. The van der Waals surface area contributed by atoms with Gasteiger partial charge in [-0.05, 0) is 92.7 Å². The van der Waals surface area contributed by atoms with Crippen molar-refractivity contribution in [2.24, 2.45) is 0 Å². The number of rotatable bonds is 5. The maximum absolute atomic E-state index is 2.43. The van der Waals surface area contributed by atoms with Gasteiger partial charge in [0.15, 0.2) is 0 Å². The van der Waals surface area contributed by atoms with Crippen molar-refractivity contribution in [2.75, 3.05) is 4.90 Å². The van der Waals surface area contributed by atoms with E-state index in [1.807, 2.05) is 0 Å². The molecule has 50 heavy (non-hydrogen) atoms. The molecule has 0 atom stereocenters. The van der Waals surface area contributed by atoms with Crippen molar-refractivity contribution in [3.8, 4) is 16.8 Å². The average molecular weight is 637 g/mol. The molecule has 0 saturated heterocycles. The molecule has 0 fully saturated rings. The molecular weight excluding hydrogens is 605 g/mol. The van der Waals surface area contributed by atoms with Crippen LogP contribution in [0, 0.1) is 0 Å². The second-order valence-electron chi connectivity index (χ2n) is 13.0. The van der Waals surface area contributed by atoms with Gasteiger partial charge in [-0.25, -0.2) is 0 Å². The van der Waals surface area contributed by atoms with E-state index in [2.05, 4.69) is 204 Å². The fourth-order valence-corrected chi connectivity index (χ4v) is 7.85. The standard InChI is InChI=1S/C48H32N2/c1-3-12-33(13-4-1)34-22-25-37(26-23-34)49(46-21-11-19-40-42-28-24-35-14-7-8-17-39(35)41(42)29-30-44(40)46)38-27-31-48-45(32-38)43-18-9-10-20-47(43)50(48)36-15-5-2-6-16-36/h1-32H.